The monoisotopic (exact) mass is 534 g/mol. The molecule has 1 saturated heterocycles. The molecule has 3 amide bonds. The number of hydrogen-bond donors (Lipinski definition) is 1. The molecule has 0 saturated carbocycles. The van der Waals surface area contributed by atoms with E-state index in [-0.39, 0.29) is 12.2 Å². The van der Waals surface area contributed by atoms with E-state index in [0.29, 0.717) is 16.5 Å². The number of hydrogen-bond acceptors (Lipinski definition) is 3. The average molecular weight is 537 g/mol. The highest BCUT2D eigenvalue weighted by Gasteiger charge is 2.33. The van der Waals surface area contributed by atoms with E-state index in [1.165, 1.54) is 6.08 Å². The zero-order chi connectivity index (χ0) is 20.5. The van der Waals surface area contributed by atoms with E-state index in [1.54, 1.807) is 18.2 Å². The van der Waals surface area contributed by atoms with Gasteiger partial charge in [-0.15, -0.1) is 0 Å². The Labute approximate surface area is 188 Å². The highest BCUT2D eigenvalue weighted by Crippen LogP contribution is 2.30. The molecule has 29 heavy (non-hydrogen) atoms. The van der Waals surface area contributed by atoms with Crippen LogP contribution in [0.25, 0.3) is 17.4 Å². The summed E-state index contributed by atoms with van der Waals surface area (Å²) in [7, 11) is 0. The van der Waals surface area contributed by atoms with Crippen LogP contribution in [0.3, 0.4) is 0 Å². The second-order valence-corrected chi connectivity index (χ2v) is 8.51. The molecule has 0 unspecified atom stereocenters. The van der Waals surface area contributed by atoms with Crippen molar-refractivity contribution in [3.63, 3.8) is 0 Å². The maximum Gasteiger partial charge on any atom is 0.329 e. The van der Waals surface area contributed by atoms with Gasteiger partial charge in [0.05, 0.1) is 11.6 Å². The predicted molar refractivity (Wildman–Crippen MR) is 118 cm³/mol. The van der Waals surface area contributed by atoms with Crippen molar-refractivity contribution in [2.24, 2.45) is 0 Å². The summed E-state index contributed by atoms with van der Waals surface area (Å²) < 4.78 is 7.52. The maximum atomic E-state index is 12.7. The SMILES string of the molecule is O=C1N/C(=C/c2ccc(-c3ccc(Br)c(Cl)c3)o2)C(=O)N1Cc1ccc(Br)cc1. The standard InChI is InChI=1S/C21H13Br2ClN2O3/c22-14-4-1-12(2-5-14)11-26-20(27)18(25-21(26)28)10-15-6-8-19(29-15)13-3-7-16(23)17(24)9-13/h1-10H,11H2,(H,25,28)/b18-10+. The van der Waals surface area contributed by atoms with Crippen LogP contribution in [-0.4, -0.2) is 16.8 Å². The molecule has 2 aromatic carbocycles. The first-order chi connectivity index (χ1) is 13.9. The number of nitrogens with one attached hydrogen (secondary N) is 1. The number of carbonyl (C=O) groups excluding carboxylic acids is 2. The van der Waals surface area contributed by atoms with Gasteiger partial charge in [0.1, 0.15) is 17.2 Å². The molecule has 1 N–H and O–H groups in total. The van der Waals surface area contributed by atoms with E-state index >= 15 is 0 Å². The Kier molecular flexibility index (Phi) is 5.63. The fourth-order valence-corrected chi connectivity index (χ4v) is 3.56. The first-order valence-corrected chi connectivity index (χ1v) is 10.5. The molecule has 8 heteroatoms. The van der Waals surface area contributed by atoms with Gasteiger partial charge in [-0.2, -0.15) is 0 Å². The van der Waals surface area contributed by atoms with E-state index in [1.807, 2.05) is 36.4 Å². The molecule has 146 valence electrons. The summed E-state index contributed by atoms with van der Waals surface area (Å²) in [5, 5.41) is 3.17. The van der Waals surface area contributed by atoms with E-state index < -0.39 is 11.9 Å². The molecule has 1 aliphatic heterocycles. The lowest BCUT2D eigenvalue weighted by Gasteiger charge is -2.11. The number of halogens is 3. The summed E-state index contributed by atoms with van der Waals surface area (Å²) in [6, 6.07) is 16.0. The zero-order valence-corrected chi connectivity index (χ0v) is 18.7. The molecule has 4 rings (SSSR count). The average Bonchev–Trinajstić information content (AvgIpc) is 3.26. The van der Waals surface area contributed by atoms with E-state index in [0.717, 1.165) is 25.0 Å². The van der Waals surface area contributed by atoms with Crippen molar-refractivity contribution in [1.82, 2.24) is 10.2 Å². The van der Waals surface area contributed by atoms with E-state index in [2.05, 4.69) is 37.2 Å². The topological polar surface area (TPSA) is 62.6 Å². The van der Waals surface area contributed by atoms with Gasteiger partial charge in [-0.05, 0) is 57.9 Å². The molecule has 2 heterocycles. The summed E-state index contributed by atoms with van der Waals surface area (Å²) >= 11 is 12.9. The summed E-state index contributed by atoms with van der Waals surface area (Å²) in [5.41, 5.74) is 1.83. The summed E-state index contributed by atoms with van der Waals surface area (Å²) in [6.07, 6.45) is 1.52. The molecule has 0 bridgehead atoms. The van der Waals surface area contributed by atoms with Crippen molar-refractivity contribution in [2.75, 3.05) is 0 Å². The van der Waals surface area contributed by atoms with E-state index in [4.69, 9.17) is 16.0 Å². The smallest absolute Gasteiger partial charge is 0.329 e. The van der Waals surface area contributed by atoms with Gasteiger partial charge in [0, 0.05) is 20.6 Å². The summed E-state index contributed by atoms with van der Waals surface area (Å²) in [5.74, 6) is 0.658. The quantitative estimate of drug-likeness (QED) is 0.318. The van der Waals surface area contributed by atoms with Gasteiger partial charge >= 0.3 is 6.03 Å². The van der Waals surface area contributed by atoms with Crippen LogP contribution in [0.2, 0.25) is 5.02 Å². The van der Waals surface area contributed by atoms with Crippen LogP contribution in [0.5, 0.6) is 0 Å². The molecule has 1 aromatic heterocycles. The van der Waals surface area contributed by atoms with Crippen molar-refractivity contribution in [3.8, 4) is 11.3 Å². The van der Waals surface area contributed by atoms with Gasteiger partial charge in [0.15, 0.2) is 0 Å². The predicted octanol–water partition coefficient (Wildman–Crippen LogP) is 6.22. The Morgan fingerprint density at radius 3 is 2.52 bits per heavy atom. The Morgan fingerprint density at radius 2 is 1.79 bits per heavy atom. The molecule has 3 aromatic rings. The number of furan rings is 1. The van der Waals surface area contributed by atoms with Gasteiger partial charge in [-0.1, -0.05) is 45.7 Å². The number of amides is 3. The second-order valence-electron chi connectivity index (χ2n) is 6.34. The van der Waals surface area contributed by atoms with Crippen molar-refractivity contribution in [3.05, 3.63) is 85.6 Å². The Morgan fingerprint density at radius 1 is 1.03 bits per heavy atom. The summed E-state index contributed by atoms with van der Waals surface area (Å²) in [4.78, 5) is 26.1. The molecule has 0 spiro atoms. The number of urea groups is 1. The summed E-state index contributed by atoms with van der Waals surface area (Å²) in [6.45, 7) is 0.191. The van der Waals surface area contributed by atoms with Crippen LogP contribution in [0.4, 0.5) is 4.79 Å². The number of benzene rings is 2. The van der Waals surface area contributed by atoms with Gasteiger partial charge in [-0.25, -0.2) is 4.79 Å². The minimum Gasteiger partial charge on any atom is -0.457 e. The lowest BCUT2D eigenvalue weighted by Crippen LogP contribution is -2.30. The lowest BCUT2D eigenvalue weighted by molar-refractivity contribution is -0.123. The number of rotatable bonds is 4. The Balaban J connectivity index is 1.53. The maximum absolute atomic E-state index is 12.7. The Bertz CT molecular complexity index is 1140. The molecular weight excluding hydrogens is 524 g/mol. The van der Waals surface area contributed by atoms with Crippen LogP contribution < -0.4 is 5.32 Å². The van der Waals surface area contributed by atoms with Crippen molar-refractivity contribution < 1.29 is 14.0 Å². The molecule has 0 atom stereocenters. The van der Waals surface area contributed by atoms with Gasteiger partial charge < -0.3 is 9.73 Å². The van der Waals surface area contributed by atoms with Crippen LogP contribution >= 0.6 is 43.5 Å². The fourth-order valence-electron chi connectivity index (χ4n) is 2.86. The van der Waals surface area contributed by atoms with Crippen LogP contribution in [0, 0.1) is 0 Å². The largest absolute Gasteiger partial charge is 0.457 e. The Hall–Kier alpha value is -2.35. The van der Waals surface area contributed by atoms with Crippen LogP contribution in [-0.2, 0) is 11.3 Å². The molecule has 1 aliphatic rings. The highest BCUT2D eigenvalue weighted by molar-refractivity contribution is 9.10. The van der Waals surface area contributed by atoms with Gasteiger partial charge in [0.25, 0.3) is 5.91 Å². The van der Waals surface area contributed by atoms with Gasteiger partial charge in [-0.3, -0.25) is 9.69 Å². The van der Waals surface area contributed by atoms with Crippen molar-refractivity contribution in [1.29, 1.82) is 0 Å². The molecule has 0 aliphatic carbocycles. The van der Waals surface area contributed by atoms with Crippen LogP contribution in [0.15, 0.2) is 73.7 Å². The number of carbonyl (C=O) groups is 2. The van der Waals surface area contributed by atoms with Crippen molar-refractivity contribution in [2.45, 2.75) is 6.54 Å². The van der Waals surface area contributed by atoms with Crippen molar-refractivity contribution >= 4 is 61.5 Å². The molecule has 1 fully saturated rings. The first-order valence-electron chi connectivity index (χ1n) is 8.55. The third-order valence-electron chi connectivity index (χ3n) is 4.33. The third kappa shape index (κ3) is 4.32. The minimum atomic E-state index is -0.462. The highest BCUT2D eigenvalue weighted by atomic mass is 79.9. The van der Waals surface area contributed by atoms with Crippen LogP contribution in [0.1, 0.15) is 11.3 Å². The third-order valence-corrected chi connectivity index (χ3v) is 6.09. The number of imide groups is 1. The molecule has 5 nitrogen and oxygen atoms in total. The lowest BCUT2D eigenvalue weighted by atomic mass is 10.2. The second kappa shape index (κ2) is 8.18. The molecular formula is C21H13Br2ClN2O3. The first kappa shape index (κ1) is 19.9. The number of nitrogens with zero attached hydrogens (tertiary/aromatic N) is 1. The van der Waals surface area contributed by atoms with Gasteiger partial charge in [0.2, 0.25) is 0 Å². The molecule has 0 radical (unpaired) electrons. The fraction of sp³-hybridized carbons (Fsp3) is 0.0476. The zero-order valence-electron chi connectivity index (χ0n) is 14.8. The normalized spacial score (nSPS) is 15.3. The van der Waals surface area contributed by atoms with E-state index in [9.17, 15) is 9.59 Å². The minimum absolute atomic E-state index is 0.168.